The minimum atomic E-state index is 0.707. The van der Waals surface area contributed by atoms with Gasteiger partial charge in [0.2, 0.25) is 0 Å². The Balaban J connectivity index is 1.67. The van der Waals surface area contributed by atoms with Gasteiger partial charge in [-0.1, -0.05) is 0 Å². The molecular weight excluding hydrogens is 272 g/mol. The van der Waals surface area contributed by atoms with Crippen LogP contribution in [-0.4, -0.2) is 37.6 Å². The molecule has 0 bridgehead atoms. The van der Waals surface area contributed by atoms with Crippen LogP contribution in [0.15, 0.2) is 15.9 Å². The van der Waals surface area contributed by atoms with Crippen LogP contribution in [0.1, 0.15) is 11.3 Å². The highest BCUT2D eigenvalue weighted by atomic mass is 79.9. The fourth-order valence-electron chi connectivity index (χ4n) is 1.99. The maximum atomic E-state index is 3.62. The first-order valence-corrected chi connectivity index (χ1v) is 7.01. The number of rotatable bonds is 4. The molecule has 1 saturated heterocycles. The number of likely N-dealkylation sites (tertiary alicyclic amines) is 1. The Morgan fingerprint density at radius 3 is 3.07 bits per heavy atom. The lowest BCUT2D eigenvalue weighted by Gasteiger charge is -2.11. The summed E-state index contributed by atoms with van der Waals surface area (Å²) in [6.45, 7) is 3.54. The van der Waals surface area contributed by atoms with Gasteiger partial charge < -0.3 is 10.2 Å². The van der Waals surface area contributed by atoms with Gasteiger partial charge in [0.25, 0.3) is 0 Å². The molecule has 0 amide bonds. The summed E-state index contributed by atoms with van der Waals surface area (Å²) in [6, 6.07) is 5.04. The largest absolute Gasteiger partial charge is 0.312 e. The Morgan fingerprint density at radius 1 is 1.60 bits per heavy atom. The summed E-state index contributed by atoms with van der Waals surface area (Å²) in [7, 11) is 2.19. The maximum absolute atomic E-state index is 3.62. The van der Waals surface area contributed by atoms with E-state index in [2.05, 4.69) is 45.3 Å². The number of nitrogens with one attached hydrogen (secondary N) is 1. The van der Waals surface area contributed by atoms with E-state index in [9.17, 15) is 0 Å². The zero-order valence-electron chi connectivity index (χ0n) is 9.00. The van der Waals surface area contributed by atoms with Crippen LogP contribution in [0.25, 0.3) is 0 Å². The van der Waals surface area contributed by atoms with E-state index < -0.39 is 0 Å². The summed E-state index contributed by atoms with van der Waals surface area (Å²) in [5, 5.41) is 3.62. The molecule has 1 N–H and O–H groups in total. The molecule has 1 aromatic heterocycles. The van der Waals surface area contributed by atoms with E-state index in [1.807, 2.05) is 11.3 Å². The summed E-state index contributed by atoms with van der Waals surface area (Å²) in [5.41, 5.74) is 0. The first-order valence-electron chi connectivity index (χ1n) is 5.40. The third-order valence-corrected chi connectivity index (χ3v) is 4.51. The molecule has 4 heteroatoms. The number of nitrogens with zero attached hydrogens (tertiary/aromatic N) is 1. The van der Waals surface area contributed by atoms with Crippen molar-refractivity contribution < 1.29 is 0 Å². The van der Waals surface area contributed by atoms with Crippen LogP contribution in [0.3, 0.4) is 0 Å². The SMILES string of the molecule is CN1CCC(NCCc2ccc(Br)s2)C1. The molecule has 0 spiro atoms. The van der Waals surface area contributed by atoms with E-state index in [4.69, 9.17) is 0 Å². The van der Waals surface area contributed by atoms with E-state index in [0.717, 1.165) is 13.0 Å². The smallest absolute Gasteiger partial charge is 0.0701 e. The van der Waals surface area contributed by atoms with E-state index >= 15 is 0 Å². The second kappa shape index (κ2) is 5.43. The summed E-state index contributed by atoms with van der Waals surface area (Å²) in [4.78, 5) is 3.85. The summed E-state index contributed by atoms with van der Waals surface area (Å²) in [5.74, 6) is 0. The minimum Gasteiger partial charge on any atom is -0.312 e. The summed E-state index contributed by atoms with van der Waals surface area (Å²) < 4.78 is 1.23. The van der Waals surface area contributed by atoms with Gasteiger partial charge in [-0.2, -0.15) is 0 Å². The number of thiophene rings is 1. The fourth-order valence-corrected chi connectivity index (χ4v) is 3.47. The van der Waals surface area contributed by atoms with Crippen LogP contribution in [0.4, 0.5) is 0 Å². The van der Waals surface area contributed by atoms with E-state index in [1.54, 1.807) is 0 Å². The monoisotopic (exact) mass is 288 g/mol. The van der Waals surface area contributed by atoms with Gasteiger partial charge in [-0.3, -0.25) is 0 Å². The first-order chi connectivity index (χ1) is 7.24. The average Bonchev–Trinajstić information content (AvgIpc) is 2.76. The Morgan fingerprint density at radius 2 is 2.47 bits per heavy atom. The van der Waals surface area contributed by atoms with Crippen molar-refractivity contribution in [2.24, 2.45) is 0 Å². The highest BCUT2D eigenvalue weighted by Crippen LogP contribution is 2.22. The molecule has 2 rings (SSSR count). The molecule has 1 aliphatic heterocycles. The van der Waals surface area contributed by atoms with Crippen LogP contribution >= 0.6 is 27.3 Å². The predicted octanol–water partition coefficient (Wildman–Crippen LogP) is 2.35. The Bertz CT molecular complexity index is 313. The van der Waals surface area contributed by atoms with E-state index in [0.29, 0.717) is 6.04 Å². The molecule has 1 fully saturated rings. The second-order valence-corrected chi connectivity index (χ2v) is 6.71. The van der Waals surface area contributed by atoms with Crippen LogP contribution in [0.5, 0.6) is 0 Å². The predicted molar refractivity (Wildman–Crippen MR) is 69.6 cm³/mol. The highest BCUT2D eigenvalue weighted by molar-refractivity contribution is 9.11. The third kappa shape index (κ3) is 3.55. The normalized spacial score (nSPS) is 22.4. The zero-order valence-corrected chi connectivity index (χ0v) is 11.4. The zero-order chi connectivity index (χ0) is 10.7. The molecule has 1 aliphatic rings. The maximum Gasteiger partial charge on any atom is 0.0701 e. The highest BCUT2D eigenvalue weighted by Gasteiger charge is 2.17. The van der Waals surface area contributed by atoms with Crippen molar-refractivity contribution in [3.63, 3.8) is 0 Å². The minimum absolute atomic E-state index is 0.707. The molecule has 0 aromatic carbocycles. The number of likely N-dealkylation sites (N-methyl/N-ethyl adjacent to an activating group) is 1. The van der Waals surface area contributed by atoms with Gasteiger partial charge in [-0.15, -0.1) is 11.3 Å². The van der Waals surface area contributed by atoms with E-state index in [-0.39, 0.29) is 0 Å². The standard InChI is InChI=1S/C11H17BrN2S/c1-14-7-5-9(8-14)13-6-4-10-2-3-11(12)15-10/h2-3,9,13H,4-8H2,1H3. The van der Waals surface area contributed by atoms with Crippen molar-refractivity contribution in [1.82, 2.24) is 10.2 Å². The molecule has 1 unspecified atom stereocenters. The second-order valence-electron chi connectivity index (χ2n) is 4.16. The lowest BCUT2D eigenvalue weighted by atomic mass is 10.2. The van der Waals surface area contributed by atoms with Crippen LogP contribution in [0, 0.1) is 0 Å². The van der Waals surface area contributed by atoms with Gasteiger partial charge in [0, 0.05) is 24.0 Å². The van der Waals surface area contributed by atoms with Crippen molar-refractivity contribution >= 4 is 27.3 Å². The molecule has 0 saturated carbocycles. The molecule has 15 heavy (non-hydrogen) atoms. The van der Waals surface area contributed by atoms with Crippen LogP contribution < -0.4 is 5.32 Å². The van der Waals surface area contributed by atoms with Crippen molar-refractivity contribution in [3.8, 4) is 0 Å². The first kappa shape index (κ1) is 11.6. The Labute approximate surface area is 104 Å². The van der Waals surface area contributed by atoms with Crippen molar-refractivity contribution in [2.45, 2.75) is 18.9 Å². The Kier molecular flexibility index (Phi) is 4.20. The van der Waals surface area contributed by atoms with Gasteiger partial charge in [-0.25, -0.2) is 0 Å². The molecule has 2 nitrogen and oxygen atoms in total. The van der Waals surface area contributed by atoms with Crippen molar-refractivity contribution in [1.29, 1.82) is 0 Å². The van der Waals surface area contributed by atoms with Gasteiger partial charge in [0.15, 0.2) is 0 Å². The molecule has 1 aromatic rings. The molecule has 84 valence electrons. The summed E-state index contributed by atoms with van der Waals surface area (Å²) in [6.07, 6.45) is 2.45. The van der Waals surface area contributed by atoms with Gasteiger partial charge in [0.1, 0.15) is 0 Å². The number of hydrogen-bond acceptors (Lipinski definition) is 3. The third-order valence-electron chi connectivity index (χ3n) is 2.82. The molecule has 0 radical (unpaired) electrons. The lowest BCUT2D eigenvalue weighted by molar-refractivity contribution is 0.399. The van der Waals surface area contributed by atoms with Crippen LogP contribution in [-0.2, 0) is 6.42 Å². The molecule has 1 atom stereocenters. The van der Waals surface area contributed by atoms with Crippen LogP contribution in [0.2, 0.25) is 0 Å². The fraction of sp³-hybridized carbons (Fsp3) is 0.636. The molecular formula is C11H17BrN2S. The van der Waals surface area contributed by atoms with Crippen molar-refractivity contribution in [2.75, 3.05) is 26.7 Å². The summed E-state index contributed by atoms with van der Waals surface area (Å²) >= 11 is 5.33. The van der Waals surface area contributed by atoms with Crippen molar-refractivity contribution in [3.05, 3.63) is 20.8 Å². The average molecular weight is 289 g/mol. The molecule has 2 heterocycles. The topological polar surface area (TPSA) is 15.3 Å². The van der Waals surface area contributed by atoms with Gasteiger partial charge in [0.05, 0.1) is 3.79 Å². The van der Waals surface area contributed by atoms with Gasteiger partial charge in [-0.05, 0) is 54.5 Å². The lowest BCUT2D eigenvalue weighted by Crippen LogP contribution is -2.32. The number of hydrogen-bond donors (Lipinski definition) is 1. The Hall–Kier alpha value is 0.1000. The molecule has 0 aliphatic carbocycles. The quantitative estimate of drug-likeness (QED) is 0.915. The number of halogens is 1. The van der Waals surface area contributed by atoms with Gasteiger partial charge >= 0.3 is 0 Å². The van der Waals surface area contributed by atoms with E-state index in [1.165, 1.54) is 28.2 Å².